The zero-order valence-electron chi connectivity index (χ0n) is 18.7. The van der Waals surface area contributed by atoms with Crippen molar-refractivity contribution in [3.8, 4) is 0 Å². The van der Waals surface area contributed by atoms with Crippen LogP contribution in [0, 0.1) is 12.8 Å². The highest BCUT2D eigenvalue weighted by Crippen LogP contribution is 2.25. The van der Waals surface area contributed by atoms with E-state index in [1.165, 1.54) is 6.42 Å². The second-order valence-corrected chi connectivity index (χ2v) is 10.6. The number of carbonyl (C=O) groups is 1. The summed E-state index contributed by atoms with van der Waals surface area (Å²) in [7, 11) is -3.56. The number of hydrogen-bond donors (Lipinski definition) is 1. The van der Waals surface area contributed by atoms with Crippen LogP contribution in [0.2, 0.25) is 0 Å². The number of sulfonamides is 1. The van der Waals surface area contributed by atoms with Crippen LogP contribution < -0.4 is 9.62 Å². The molecule has 0 radical (unpaired) electrons. The van der Waals surface area contributed by atoms with Crippen LogP contribution in [0.5, 0.6) is 0 Å². The number of nitrogens with one attached hydrogen (secondary N) is 1. The predicted octanol–water partition coefficient (Wildman–Crippen LogP) is 3.21. The molecule has 0 spiro atoms. The van der Waals surface area contributed by atoms with Crippen molar-refractivity contribution in [2.45, 2.75) is 43.9 Å². The number of aromatic nitrogens is 1. The second kappa shape index (κ2) is 10.0. The van der Waals surface area contributed by atoms with Gasteiger partial charge >= 0.3 is 0 Å². The fraction of sp³-hybridized carbons (Fsp3) is 0.500. The lowest BCUT2D eigenvalue weighted by atomic mass is 9.97. The highest BCUT2D eigenvalue weighted by molar-refractivity contribution is 7.89. The first-order valence-corrected chi connectivity index (χ1v) is 13.0. The van der Waals surface area contributed by atoms with Gasteiger partial charge in [-0.2, -0.15) is 0 Å². The minimum atomic E-state index is -3.56. The lowest BCUT2D eigenvalue weighted by molar-refractivity contribution is 0.0676. The Labute approximate surface area is 190 Å². The third-order valence-corrected chi connectivity index (χ3v) is 7.81. The van der Waals surface area contributed by atoms with Crippen molar-refractivity contribution >= 4 is 21.7 Å². The molecule has 7 nitrogen and oxygen atoms in total. The van der Waals surface area contributed by atoms with E-state index in [1.807, 2.05) is 24.0 Å². The Bertz CT molecular complexity index is 1030. The van der Waals surface area contributed by atoms with E-state index < -0.39 is 10.0 Å². The third-order valence-electron chi connectivity index (χ3n) is 6.37. The number of carbonyl (C=O) groups excluding carboxylic acids is 1. The highest BCUT2D eigenvalue weighted by atomic mass is 32.2. The van der Waals surface area contributed by atoms with Gasteiger partial charge in [-0.1, -0.05) is 17.7 Å². The number of anilines is 1. The molecule has 32 heavy (non-hydrogen) atoms. The number of piperidine rings is 2. The molecule has 2 aliphatic heterocycles. The van der Waals surface area contributed by atoms with Crippen molar-refractivity contribution in [3.63, 3.8) is 0 Å². The topological polar surface area (TPSA) is 82.6 Å². The first-order chi connectivity index (χ1) is 15.4. The molecule has 0 bridgehead atoms. The molecule has 1 atom stereocenters. The molecule has 4 rings (SSSR count). The van der Waals surface area contributed by atoms with Gasteiger partial charge < -0.3 is 9.80 Å². The third kappa shape index (κ3) is 5.30. The number of aryl methyl sites for hydroxylation is 1. The van der Waals surface area contributed by atoms with Crippen LogP contribution in [-0.2, 0) is 10.0 Å². The standard InChI is InChI=1S/C24H32N4O3S/c1-19-9-11-21(12-10-19)32(30,31)26-17-20-7-6-16-28(18-20)24(29)22-8-5-13-25-23(22)27-14-3-2-4-15-27/h5,8-13,20,26H,2-4,6-7,14-18H2,1H3. The Morgan fingerprint density at radius 3 is 2.56 bits per heavy atom. The van der Waals surface area contributed by atoms with Crippen molar-refractivity contribution in [1.82, 2.24) is 14.6 Å². The average molecular weight is 457 g/mol. The first-order valence-electron chi connectivity index (χ1n) is 11.5. The summed E-state index contributed by atoms with van der Waals surface area (Å²) >= 11 is 0. The first kappa shape index (κ1) is 22.7. The number of likely N-dealkylation sites (tertiary alicyclic amines) is 1. The summed E-state index contributed by atoms with van der Waals surface area (Å²) in [6, 6.07) is 10.5. The molecule has 1 N–H and O–H groups in total. The van der Waals surface area contributed by atoms with Gasteiger partial charge in [0.2, 0.25) is 10.0 Å². The van der Waals surface area contributed by atoms with E-state index in [1.54, 1.807) is 30.5 Å². The number of hydrogen-bond acceptors (Lipinski definition) is 5. The molecule has 3 heterocycles. The van der Waals surface area contributed by atoms with Crippen LogP contribution >= 0.6 is 0 Å². The van der Waals surface area contributed by atoms with Gasteiger partial charge in [-0.25, -0.2) is 18.1 Å². The van der Waals surface area contributed by atoms with E-state index in [4.69, 9.17) is 0 Å². The van der Waals surface area contributed by atoms with Gasteiger partial charge in [0, 0.05) is 38.9 Å². The van der Waals surface area contributed by atoms with Gasteiger partial charge in [0.25, 0.3) is 5.91 Å². The number of pyridine rings is 1. The van der Waals surface area contributed by atoms with Crippen molar-refractivity contribution in [2.75, 3.05) is 37.6 Å². The fourth-order valence-electron chi connectivity index (χ4n) is 4.54. The van der Waals surface area contributed by atoms with Crippen LogP contribution in [0.15, 0.2) is 47.5 Å². The van der Waals surface area contributed by atoms with Crippen LogP contribution in [0.3, 0.4) is 0 Å². The van der Waals surface area contributed by atoms with Gasteiger partial charge in [-0.15, -0.1) is 0 Å². The Hall–Kier alpha value is -2.45. The number of benzene rings is 1. The summed E-state index contributed by atoms with van der Waals surface area (Å²) in [4.78, 5) is 22.3. The van der Waals surface area contributed by atoms with E-state index in [0.29, 0.717) is 25.2 Å². The smallest absolute Gasteiger partial charge is 0.257 e. The molecule has 2 aliphatic rings. The molecule has 8 heteroatoms. The molecule has 2 aromatic rings. The van der Waals surface area contributed by atoms with E-state index in [-0.39, 0.29) is 16.7 Å². The maximum atomic E-state index is 13.4. The number of nitrogens with zero attached hydrogens (tertiary/aromatic N) is 3. The summed E-state index contributed by atoms with van der Waals surface area (Å²) < 4.78 is 28.0. The van der Waals surface area contributed by atoms with Gasteiger partial charge in [0.15, 0.2) is 0 Å². The van der Waals surface area contributed by atoms with E-state index in [0.717, 1.165) is 50.2 Å². The molecule has 2 fully saturated rings. The SMILES string of the molecule is Cc1ccc(S(=O)(=O)NCC2CCCN(C(=O)c3cccnc3N3CCCCC3)C2)cc1. The molecule has 0 saturated carbocycles. The Kier molecular flexibility index (Phi) is 7.10. The second-order valence-electron chi connectivity index (χ2n) is 8.85. The normalized spacial score (nSPS) is 19.7. The summed E-state index contributed by atoms with van der Waals surface area (Å²) in [5.41, 5.74) is 1.67. The highest BCUT2D eigenvalue weighted by Gasteiger charge is 2.28. The maximum absolute atomic E-state index is 13.4. The Balaban J connectivity index is 1.41. The van der Waals surface area contributed by atoms with Crippen LogP contribution in [0.25, 0.3) is 0 Å². The average Bonchev–Trinajstić information content (AvgIpc) is 2.83. The predicted molar refractivity (Wildman–Crippen MR) is 125 cm³/mol. The van der Waals surface area contributed by atoms with Gasteiger partial charge in [0.05, 0.1) is 10.5 Å². The Morgan fingerprint density at radius 2 is 1.81 bits per heavy atom. The molecule has 172 valence electrons. The quantitative estimate of drug-likeness (QED) is 0.722. The molecule has 0 aliphatic carbocycles. The minimum absolute atomic E-state index is 0.00948. The van der Waals surface area contributed by atoms with Crippen molar-refractivity contribution in [2.24, 2.45) is 5.92 Å². The zero-order chi connectivity index (χ0) is 22.6. The zero-order valence-corrected chi connectivity index (χ0v) is 19.5. The minimum Gasteiger partial charge on any atom is -0.356 e. The van der Waals surface area contributed by atoms with Gasteiger partial charge in [-0.3, -0.25) is 4.79 Å². The van der Waals surface area contributed by atoms with Crippen LogP contribution in [0.4, 0.5) is 5.82 Å². The summed E-state index contributed by atoms with van der Waals surface area (Å²) in [6.45, 7) is 5.35. The van der Waals surface area contributed by atoms with E-state index in [9.17, 15) is 13.2 Å². The van der Waals surface area contributed by atoms with Gasteiger partial charge in [-0.05, 0) is 69.2 Å². The van der Waals surface area contributed by atoms with Crippen LogP contribution in [0.1, 0.15) is 48.0 Å². The fourth-order valence-corrected chi connectivity index (χ4v) is 5.65. The maximum Gasteiger partial charge on any atom is 0.257 e. The molecule has 1 aromatic carbocycles. The number of amides is 1. The lowest BCUT2D eigenvalue weighted by Gasteiger charge is -2.34. The summed E-state index contributed by atoms with van der Waals surface area (Å²) in [6.07, 6.45) is 6.97. The molecular weight excluding hydrogens is 424 g/mol. The van der Waals surface area contributed by atoms with E-state index in [2.05, 4.69) is 14.6 Å². The van der Waals surface area contributed by atoms with Crippen molar-refractivity contribution in [3.05, 3.63) is 53.7 Å². The molecule has 1 aromatic heterocycles. The molecule has 2 saturated heterocycles. The molecular formula is C24H32N4O3S. The molecule has 1 amide bonds. The number of rotatable bonds is 6. The van der Waals surface area contributed by atoms with E-state index >= 15 is 0 Å². The summed E-state index contributed by atoms with van der Waals surface area (Å²) in [5.74, 6) is 0.854. The lowest BCUT2D eigenvalue weighted by Crippen LogP contribution is -2.44. The Morgan fingerprint density at radius 1 is 1.06 bits per heavy atom. The van der Waals surface area contributed by atoms with Gasteiger partial charge in [0.1, 0.15) is 5.82 Å². The monoisotopic (exact) mass is 456 g/mol. The van der Waals surface area contributed by atoms with Crippen LogP contribution in [-0.4, -0.2) is 56.9 Å². The van der Waals surface area contributed by atoms with Crippen molar-refractivity contribution < 1.29 is 13.2 Å². The van der Waals surface area contributed by atoms with Crippen molar-refractivity contribution in [1.29, 1.82) is 0 Å². The summed E-state index contributed by atoms with van der Waals surface area (Å²) in [5, 5.41) is 0. The largest absolute Gasteiger partial charge is 0.356 e. The molecule has 1 unspecified atom stereocenters.